The number of cyclic esters (lactones) is 1. The van der Waals surface area contributed by atoms with E-state index in [1.54, 1.807) is 42.5 Å². The van der Waals surface area contributed by atoms with Crippen LogP contribution in [-0.4, -0.2) is 25.1 Å². The predicted octanol–water partition coefficient (Wildman–Crippen LogP) is 4.13. The maximum absolute atomic E-state index is 13.9. The van der Waals surface area contributed by atoms with E-state index in [-0.39, 0.29) is 17.2 Å². The topological polar surface area (TPSA) is 57.1 Å². The van der Waals surface area contributed by atoms with Gasteiger partial charge in [-0.25, -0.2) is 14.2 Å². The second-order valence-electron chi connectivity index (χ2n) is 5.55. The Morgan fingerprint density at radius 3 is 2.74 bits per heavy atom. The summed E-state index contributed by atoms with van der Waals surface area (Å²) < 4.78 is 30.1. The van der Waals surface area contributed by atoms with E-state index in [4.69, 9.17) is 14.2 Å². The lowest BCUT2D eigenvalue weighted by atomic mass is 10.1. The van der Waals surface area contributed by atoms with Crippen LogP contribution in [0.15, 0.2) is 65.8 Å². The Bertz CT molecular complexity index is 934. The van der Waals surface area contributed by atoms with E-state index in [1.807, 2.05) is 6.92 Å². The molecule has 27 heavy (non-hydrogen) atoms. The number of rotatable bonds is 7. The molecular weight excluding hydrogens is 349 g/mol. The highest BCUT2D eigenvalue weighted by atomic mass is 19.1. The van der Waals surface area contributed by atoms with Crippen LogP contribution < -0.4 is 9.47 Å². The summed E-state index contributed by atoms with van der Waals surface area (Å²) in [5.41, 5.74) is 0.891. The fraction of sp³-hybridized carbons (Fsp3) is 0.143. The highest BCUT2D eigenvalue weighted by Crippen LogP contribution is 2.30. The highest BCUT2D eigenvalue weighted by molar-refractivity contribution is 6.12. The van der Waals surface area contributed by atoms with Crippen LogP contribution in [0.3, 0.4) is 0 Å². The van der Waals surface area contributed by atoms with Gasteiger partial charge in [-0.15, -0.1) is 0 Å². The third-order valence-corrected chi connectivity index (χ3v) is 3.65. The van der Waals surface area contributed by atoms with Gasteiger partial charge in [0.1, 0.15) is 12.4 Å². The van der Waals surface area contributed by atoms with Crippen molar-refractivity contribution in [3.63, 3.8) is 0 Å². The zero-order valence-corrected chi connectivity index (χ0v) is 14.8. The highest BCUT2D eigenvalue weighted by Gasteiger charge is 2.26. The van der Waals surface area contributed by atoms with Crippen molar-refractivity contribution < 1.29 is 23.4 Å². The van der Waals surface area contributed by atoms with E-state index in [1.165, 1.54) is 12.1 Å². The van der Waals surface area contributed by atoms with Crippen molar-refractivity contribution >= 4 is 17.9 Å². The molecule has 0 radical (unpaired) electrons. The normalized spacial score (nSPS) is 14.7. The first kappa shape index (κ1) is 18.4. The lowest BCUT2D eigenvalue weighted by Crippen LogP contribution is -2.07. The van der Waals surface area contributed by atoms with Crippen molar-refractivity contribution in [2.24, 2.45) is 4.99 Å². The molecule has 0 amide bonds. The van der Waals surface area contributed by atoms with Crippen molar-refractivity contribution in [1.82, 2.24) is 0 Å². The molecule has 0 bridgehead atoms. The van der Waals surface area contributed by atoms with E-state index in [2.05, 4.69) is 11.6 Å². The summed E-state index contributed by atoms with van der Waals surface area (Å²) in [6.07, 6.45) is 3.19. The third-order valence-electron chi connectivity index (χ3n) is 3.65. The molecule has 0 saturated carbocycles. The van der Waals surface area contributed by atoms with Crippen molar-refractivity contribution in [1.29, 1.82) is 0 Å². The molecule has 1 heterocycles. The molecule has 0 aliphatic carbocycles. The number of esters is 1. The standard InChI is InChI=1S/C21H18FNO4/c1-3-11-26-18-10-9-14(13-19(18)25-4-2)12-17-21(24)27-20(23-17)15-7-5-6-8-16(15)22/h3,5-10,12-13H,1,4,11H2,2H3/b17-12-. The maximum atomic E-state index is 13.9. The van der Waals surface area contributed by atoms with Gasteiger partial charge < -0.3 is 14.2 Å². The van der Waals surface area contributed by atoms with Gasteiger partial charge in [0.05, 0.1) is 12.2 Å². The van der Waals surface area contributed by atoms with Crippen molar-refractivity contribution in [2.75, 3.05) is 13.2 Å². The average molecular weight is 367 g/mol. The van der Waals surface area contributed by atoms with E-state index in [9.17, 15) is 9.18 Å². The van der Waals surface area contributed by atoms with Gasteiger partial charge in [-0.1, -0.05) is 30.9 Å². The van der Waals surface area contributed by atoms with Crippen LogP contribution in [0, 0.1) is 5.82 Å². The van der Waals surface area contributed by atoms with Crippen LogP contribution >= 0.6 is 0 Å². The number of carbonyl (C=O) groups excluding carboxylic acids is 1. The minimum absolute atomic E-state index is 0.0553. The summed E-state index contributed by atoms with van der Waals surface area (Å²) in [4.78, 5) is 16.2. The van der Waals surface area contributed by atoms with Crippen LogP contribution in [0.5, 0.6) is 11.5 Å². The molecule has 0 saturated heterocycles. The predicted molar refractivity (Wildman–Crippen MR) is 100 cm³/mol. The number of ether oxygens (including phenoxy) is 3. The van der Waals surface area contributed by atoms with Gasteiger partial charge in [-0.2, -0.15) is 0 Å². The molecule has 0 atom stereocenters. The number of benzene rings is 2. The molecule has 5 nitrogen and oxygen atoms in total. The summed E-state index contributed by atoms with van der Waals surface area (Å²) in [6, 6.07) is 11.2. The largest absolute Gasteiger partial charge is 0.490 e. The lowest BCUT2D eigenvalue weighted by Gasteiger charge is -2.11. The summed E-state index contributed by atoms with van der Waals surface area (Å²) >= 11 is 0. The van der Waals surface area contributed by atoms with Crippen LogP contribution in [0.4, 0.5) is 4.39 Å². The molecule has 1 aliphatic heterocycles. The van der Waals surface area contributed by atoms with E-state index in [0.717, 1.165) is 0 Å². The van der Waals surface area contributed by atoms with Crippen molar-refractivity contribution in [3.8, 4) is 11.5 Å². The van der Waals surface area contributed by atoms with Crippen molar-refractivity contribution in [2.45, 2.75) is 6.92 Å². The van der Waals surface area contributed by atoms with Crippen LogP contribution in [0.1, 0.15) is 18.1 Å². The van der Waals surface area contributed by atoms with Gasteiger partial charge in [-0.05, 0) is 42.8 Å². The number of carbonyl (C=O) groups is 1. The second-order valence-corrected chi connectivity index (χ2v) is 5.55. The molecule has 0 N–H and O–H groups in total. The van der Waals surface area contributed by atoms with E-state index in [0.29, 0.717) is 30.3 Å². The Morgan fingerprint density at radius 1 is 1.19 bits per heavy atom. The molecule has 0 aromatic heterocycles. The Morgan fingerprint density at radius 2 is 2.00 bits per heavy atom. The Kier molecular flexibility index (Phi) is 5.66. The molecule has 138 valence electrons. The average Bonchev–Trinajstić information content (AvgIpc) is 3.02. The SMILES string of the molecule is C=CCOc1ccc(/C=C2\N=C(c3ccccc3F)OC2=O)cc1OCC. The van der Waals surface area contributed by atoms with E-state index >= 15 is 0 Å². The van der Waals surface area contributed by atoms with Crippen molar-refractivity contribution in [3.05, 3.63) is 77.8 Å². The zero-order chi connectivity index (χ0) is 19.2. The first-order valence-corrected chi connectivity index (χ1v) is 8.40. The van der Waals surface area contributed by atoms with Crippen LogP contribution in [-0.2, 0) is 9.53 Å². The fourth-order valence-corrected chi connectivity index (χ4v) is 2.47. The van der Waals surface area contributed by atoms with Gasteiger partial charge in [0.15, 0.2) is 17.2 Å². The number of nitrogens with zero attached hydrogens (tertiary/aromatic N) is 1. The monoisotopic (exact) mass is 367 g/mol. The van der Waals surface area contributed by atoms with Gasteiger partial charge >= 0.3 is 5.97 Å². The lowest BCUT2D eigenvalue weighted by molar-refractivity contribution is -0.129. The number of hydrogen-bond donors (Lipinski definition) is 0. The van der Waals surface area contributed by atoms with Crippen LogP contribution in [0.25, 0.3) is 6.08 Å². The summed E-state index contributed by atoms with van der Waals surface area (Å²) in [5, 5.41) is 0. The molecule has 0 spiro atoms. The molecule has 0 unspecified atom stereocenters. The Hall–Kier alpha value is -3.41. The molecule has 3 rings (SSSR count). The molecule has 0 fully saturated rings. The fourth-order valence-electron chi connectivity index (χ4n) is 2.47. The first-order valence-electron chi connectivity index (χ1n) is 8.40. The Labute approximate surface area is 156 Å². The summed E-state index contributed by atoms with van der Waals surface area (Å²) in [6.45, 7) is 6.29. The smallest absolute Gasteiger partial charge is 0.363 e. The number of hydrogen-bond acceptors (Lipinski definition) is 5. The number of halogens is 1. The van der Waals surface area contributed by atoms with Crippen LogP contribution in [0.2, 0.25) is 0 Å². The first-order chi connectivity index (χ1) is 13.1. The molecule has 2 aromatic carbocycles. The molecule has 2 aromatic rings. The summed E-state index contributed by atoms with van der Waals surface area (Å²) in [5.74, 6) is -0.0898. The minimum Gasteiger partial charge on any atom is -0.490 e. The molecule has 1 aliphatic rings. The van der Waals surface area contributed by atoms with Gasteiger partial charge in [0.25, 0.3) is 0 Å². The maximum Gasteiger partial charge on any atom is 0.363 e. The van der Waals surface area contributed by atoms with Gasteiger partial charge in [0, 0.05) is 0 Å². The van der Waals surface area contributed by atoms with E-state index < -0.39 is 11.8 Å². The third kappa shape index (κ3) is 4.23. The molecular formula is C21H18FNO4. The minimum atomic E-state index is -0.641. The van der Waals surface area contributed by atoms with Gasteiger partial charge in [0.2, 0.25) is 5.90 Å². The quantitative estimate of drug-likeness (QED) is 0.419. The molecule has 6 heteroatoms. The Balaban J connectivity index is 1.91. The zero-order valence-electron chi connectivity index (χ0n) is 14.8. The number of aliphatic imine (C=N–C) groups is 1. The second kappa shape index (κ2) is 8.31. The summed E-state index contributed by atoms with van der Waals surface area (Å²) in [7, 11) is 0. The van der Waals surface area contributed by atoms with Gasteiger partial charge in [-0.3, -0.25) is 0 Å².